The summed E-state index contributed by atoms with van der Waals surface area (Å²) in [5, 5.41) is 6.87. The molecule has 0 amide bonds. The molecular weight excluding hydrogens is 324 g/mol. The largest absolute Gasteiger partial charge is 0.497 e. The van der Waals surface area contributed by atoms with Crippen molar-refractivity contribution in [3.05, 3.63) is 48.0 Å². The Labute approximate surface area is 147 Å². The lowest BCUT2D eigenvalue weighted by Crippen LogP contribution is -2.30. The van der Waals surface area contributed by atoms with Crippen LogP contribution in [0.1, 0.15) is 5.56 Å². The summed E-state index contributed by atoms with van der Waals surface area (Å²) in [6, 6.07) is 13.5. The van der Waals surface area contributed by atoms with Crippen LogP contribution in [0.2, 0.25) is 0 Å². The zero-order chi connectivity index (χ0) is 17.4. The van der Waals surface area contributed by atoms with E-state index in [1.54, 1.807) is 21.3 Å². The van der Waals surface area contributed by atoms with E-state index in [1.807, 2.05) is 42.5 Å². The molecule has 0 radical (unpaired) electrons. The van der Waals surface area contributed by atoms with E-state index in [0.29, 0.717) is 23.2 Å². The van der Waals surface area contributed by atoms with E-state index < -0.39 is 0 Å². The number of para-hydroxylation sites is 1. The Morgan fingerprint density at radius 2 is 1.62 bits per heavy atom. The number of benzene rings is 2. The standard InChI is InChI=1S/C18H22N2O3S/c1-21-15-10-14(11-16(12-15)22-2)20-18(24)19-9-8-13-6-4-5-7-17(13)23-3/h4-7,10-12H,8-9H2,1-3H3,(H2,19,20,24). The van der Waals surface area contributed by atoms with Crippen LogP contribution in [0.5, 0.6) is 17.2 Å². The number of rotatable bonds is 7. The Hall–Kier alpha value is -2.47. The van der Waals surface area contributed by atoms with E-state index in [-0.39, 0.29) is 0 Å². The summed E-state index contributed by atoms with van der Waals surface area (Å²) in [5.41, 5.74) is 1.94. The topological polar surface area (TPSA) is 51.8 Å². The predicted molar refractivity (Wildman–Crippen MR) is 100 cm³/mol. The summed E-state index contributed by atoms with van der Waals surface area (Å²) in [6.07, 6.45) is 0.813. The average molecular weight is 346 g/mol. The third kappa shape index (κ3) is 5.03. The van der Waals surface area contributed by atoms with Gasteiger partial charge in [0.15, 0.2) is 5.11 Å². The van der Waals surface area contributed by atoms with Gasteiger partial charge in [-0.1, -0.05) is 18.2 Å². The molecule has 5 nitrogen and oxygen atoms in total. The van der Waals surface area contributed by atoms with Crippen LogP contribution < -0.4 is 24.8 Å². The lowest BCUT2D eigenvalue weighted by atomic mass is 10.1. The van der Waals surface area contributed by atoms with Crippen molar-refractivity contribution in [3.63, 3.8) is 0 Å². The Bertz CT molecular complexity index is 669. The van der Waals surface area contributed by atoms with E-state index in [9.17, 15) is 0 Å². The smallest absolute Gasteiger partial charge is 0.170 e. The Morgan fingerprint density at radius 3 is 2.25 bits per heavy atom. The molecule has 2 aromatic carbocycles. The normalized spacial score (nSPS) is 9.96. The van der Waals surface area contributed by atoms with Crippen molar-refractivity contribution >= 4 is 23.0 Å². The van der Waals surface area contributed by atoms with Gasteiger partial charge in [-0.05, 0) is 30.3 Å². The van der Waals surface area contributed by atoms with Crippen molar-refractivity contribution in [1.82, 2.24) is 5.32 Å². The summed E-state index contributed by atoms with van der Waals surface area (Å²) in [5.74, 6) is 2.29. The molecule has 0 fully saturated rings. The number of hydrogen-bond donors (Lipinski definition) is 2. The number of ether oxygens (including phenoxy) is 3. The molecular formula is C18H22N2O3S. The van der Waals surface area contributed by atoms with E-state index in [4.69, 9.17) is 26.4 Å². The highest BCUT2D eigenvalue weighted by Gasteiger charge is 2.05. The number of hydrogen-bond acceptors (Lipinski definition) is 4. The highest BCUT2D eigenvalue weighted by atomic mass is 32.1. The van der Waals surface area contributed by atoms with Crippen LogP contribution in [0.25, 0.3) is 0 Å². The average Bonchev–Trinajstić information content (AvgIpc) is 2.61. The van der Waals surface area contributed by atoms with Gasteiger partial charge in [-0.25, -0.2) is 0 Å². The third-order valence-electron chi connectivity index (χ3n) is 3.48. The minimum Gasteiger partial charge on any atom is -0.497 e. The van der Waals surface area contributed by atoms with Gasteiger partial charge >= 0.3 is 0 Å². The molecule has 0 saturated heterocycles. The first-order valence-corrected chi connectivity index (χ1v) is 7.97. The fourth-order valence-electron chi connectivity index (χ4n) is 2.28. The van der Waals surface area contributed by atoms with Gasteiger partial charge in [-0.2, -0.15) is 0 Å². The zero-order valence-electron chi connectivity index (χ0n) is 14.1. The van der Waals surface area contributed by atoms with Gasteiger partial charge in [0, 0.05) is 30.4 Å². The molecule has 2 rings (SSSR count). The van der Waals surface area contributed by atoms with Crippen LogP contribution in [0.15, 0.2) is 42.5 Å². The van der Waals surface area contributed by atoms with Crippen molar-refractivity contribution in [3.8, 4) is 17.2 Å². The van der Waals surface area contributed by atoms with Crippen LogP contribution in [-0.4, -0.2) is 33.0 Å². The van der Waals surface area contributed by atoms with Gasteiger partial charge in [-0.3, -0.25) is 0 Å². The van der Waals surface area contributed by atoms with Crippen molar-refractivity contribution < 1.29 is 14.2 Å². The molecule has 0 aliphatic heterocycles. The monoisotopic (exact) mass is 346 g/mol. The molecule has 0 spiro atoms. The van der Waals surface area contributed by atoms with Crippen LogP contribution in [0.4, 0.5) is 5.69 Å². The van der Waals surface area contributed by atoms with Crippen molar-refractivity contribution in [1.29, 1.82) is 0 Å². The van der Waals surface area contributed by atoms with Gasteiger partial charge in [0.25, 0.3) is 0 Å². The Morgan fingerprint density at radius 1 is 0.958 bits per heavy atom. The first-order valence-electron chi connectivity index (χ1n) is 7.56. The van der Waals surface area contributed by atoms with Gasteiger partial charge in [-0.15, -0.1) is 0 Å². The summed E-state index contributed by atoms with van der Waals surface area (Å²) in [4.78, 5) is 0. The molecule has 0 bridgehead atoms. The van der Waals surface area contributed by atoms with E-state index in [1.165, 1.54) is 0 Å². The SMILES string of the molecule is COc1cc(NC(=S)NCCc2ccccc2OC)cc(OC)c1. The molecule has 2 N–H and O–H groups in total. The van der Waals surface area contributed by atoms with Crippen molar-refractivity contribution in [2.24, 2.45) is 0 Å². The molecule has 0 heterocycles. The lowest BCUT2D eigenvalue weighted by molar-refractivity contribution is 0.395. The molecule has 0 unspecified atom stereocenters. The molecule has 24 heavy (non-hydrogen) atoms. The molecule has 0 atom stereocenters. The van der Waals surface area contributed by atoms with Crippen LogP contribution in [-0.2, 0) is 6.42 Å². The van der Waals surface area contributed by atoms with Gasteiger partial charge in [0.05, 0.1) is 21.3 Å². The van der Waals surface area contributed by atoms with Gasteiger partial charge < -0.3 is 24.8 Å². The minimum absolute atomic E-state index is 0.542. The maximum Gasteiger partial charge on any atom is 0.170 e. The fourth-order valence-corrected chi connectivity index (χ4v) is 2.50. The summed E-state index contributed by atoms with van der Waals surface area (Å²) >= 11 is 5.34. The van der Waals surface area contributed by atoms with Crippen LogP contribution in [0.3, 0.4) is 0 Å². The van der Waals surface area contributed by atoms with Gasteiger partial charge in [0.1, 0.15) is 17.2 Å². The van der Waals surface area contributed by atoms with Crippen molar-refractivity contribution in [2.45, 2.75) is 6.42 Å². The molecule has 6 heteroatoms. The number of methoxy groups -OCH3 is 3. The number of thiocarbonyl (C=S) groups is 1. The second-order valence-corrected chi connectivity index (χ2v) is 5.45. The minimum atomic E-state index is 0.542. The highest BCUT2D eigenvalue weighted by Crippen LogP contribution is 2.25. The van der Waals surface area contributed by atoms with E-state index >= 15 is 0 Å². The molecule has 0 aliphatic rings. The second-order valence-electron chi connectivity index (χ2n) is 5.04. The van der Waals surface area contributed by atoms with E-state index in [0.717, 1.165) is 23.4 Å². The van der Waals surface area contributed by atoms with E-state index in [2.05, 4.69) is 10.6 Å². The summed E-state index contributed by atoms with van der Waals surface area (Å²) in [7, 11) is 4.90. The maximum absolute atomic E-state index is 5.35. The number of nitrogens with one attached hydrogen (secondary N) is 2. The quantitative estimate of drug-likeness (QED) is 0.751. The molecule has 0 saturated carbocycles. The summed E-state index contributed by atoms with van der Waals surface area (Å²) in [6.45, 7) is 0.702. The van der Waals surface area contributed by atoms with Gasteiger partial charge in [0.2, 0.25) is 0 Å². The second kappa shape index (κ2) is 8.98. The first kappa shape index (κ1) is 17.9. The maximum atomic E-state index is 5.35. The molecule has 128 valence electrons. The van der Waals surface area contributed by atoms with Crippen LogP contribution in [0, 0.1) is 0 Å². The number of anilines is 1. The van der Waals surface area contributed by atoms with Crippen molar-refractivity contribution in [2.75, 3.05) is 33.2 Å². The summed E-state index contributed by atoms with van der Waals surface area (Å²) < 4.78 is 15.8. The Balaban J connectivity index is 1.89. The highest BCUT2D eigenvalue weighted by molar-refractivity contribution is 7.80. The van der Waals surface area contributed by atoms with Crippen LogP contribution >= 0.6 is 12.2 Å². The first-order chi connectivity index (χ1) is 11.7. The zero-order valence-corrected chi connectivity index (χ0v) is 14.9. The molecule has 0 aliphatic carbocycles. The molecule has 2 aromatic rings. The fraction of sp³-hybridized carbons (Fsp3) is 0.278. The predicted octanol–water partition coefficient (Wildman–Crippen LogP) is 3.24. The molecule has 0 aromatic heterocycles. The Kier molecular flexibility index (Phi) is 6.69. The lowest BCUT2D eigenvalue weighted by Gasteiger charge is -2.13. The third-order valence-corrected chi connectivity index (χ3v) is 3.73.